The van der Waals surface area contributed by atoms with Crippen LogP contribution in [0.2, 0.25) is 5.02 Å². The summed E-state index contributed by atoms with van der Waals surface area (Å²) in [5, 5.41) is 11.7. The van der Waals surface area contributed by atoms with Crippen LogP contribution in [0.1, 0.15) is 24.0 Å². The van der Waals surface area contributed by atoms with E-state index in [1.807, 2.05) is 24.3 Å². The third-order valence-corrected chi connectivity index (χ3v) is 4.39. The first-order valence-corrected chi connectivity index (χ1v) is 8.22. The first-order chi connectivity index (χ1) is 10.2. The number of benzene rings is 1. The van der Waals surface area contributed by atoms with Crippen molar-refractivity contribution in [1.29, 1.82) is 0 Å². The minimum absolute atomic E-state index is 0.454. The number of aliphatic imine (C=N–C) groups is 1. The summed E-state index contributed by atoms with van der Waals surface area (Å²) in [4.78, 5) is 4.24. The van der Waals surface area contributed by atoms with Crippen molar-refractivity contribution in [3.63, 3.8) is 0 Å². The molecule has 0 radical (unpaired) electrons. The SMILES string of the molecule is CN=C(NCc1ccccc1Cl)NCC(C)c1ccsc1. The van der Waals surface area contributed by atoms with Crippen molar-refractivity contribution in [3.8, 4) is 0 Å². The van der Waals surface area contributed by atoms with E-state index in [0.29, 0.717) is 12.5 Å². The highest BCUT2D eigenvalue weighted by Crippen LogP contribution is 2.17. The third kappa shape index (κ3) is 4.76. The molecular formula is C16H20ClN3S. The van der Waals surface area contributed by atoms with E-state index >= 15 is 0 Å². The van der Waals surface area contributed by atoms with Crippen LogP contribution in [0.4, 0.5) is 0 Å². The molecule has 0 spiro atoms. The number of nitrogens with zero attached hydrogens (tertiary/aromatic N) is 1. The number of nitrogens with one attached hydrogen (secondary N) is 2. The van der Waals surface area contributed by atoms with Gasteiger partial charge in [-0.3, -0.25) is 4.99 Å². The van der Waals surface area contributed by atoms with Gasteiger partial charge in [0.1, 0.15) is 0 Å². The van der Waals surface area contributed by atoms with Crippen LogP contribution >= 0.6 is 22.9 Å². The lowest BCUT2D eigenvalue weighted by Crippen LogP contribution is -2.38. The smallest absolute Gasteiger partial charge is 0.191 e. The maximum atomic E-state index is 6.15. The molecule has 1 atom stereocenters. The molecule has 1 unspecified atom stereocenters. The number of guanidine groups is 1. The standard InChI is InChI=1S/C16H20ClN3S/c1-12(14-7-8-21-11-14)9-19-16(18-2)20-10-13-5-3-4-6-15(13)17/h3-8,11-12H,9-10H2,1-2H3,(H2,18,19,20). The first-order valence-electron chi connectivity index (χ1n) is 6.90. The van der Waals surface area contributed by atoms with E-state index in [1.54, 1.807) is 18.4 Å². The Hall–Kier alpha value is -1.52. The van der Waals surface area contributed by atoms with Crippen LogP contribution < -0.4 is 10.6 Å². The molecule has 0 aliphatic carbocycles. The van der Waals surface area contributed by atoms with Gasteiger partial charge in [-0.1, -0.05) is 36.7 Å². The highest BCUT2D eigenvalue weighted by Gasteiger charge is 2.07. The minimum atomic E-state index is 0.454. The molecule has 21 heavy (non-hydrogen) atoms. The van der Waals surface area contributed by atoms with Crippen molar-refractivity contribution in [2.24, 2.45) is 4.99 Å². The van der Waals surface area contributed by atoms with Gasteiger partial charge in [0, 0.05) is 25.2 Å². The van der Waals surface area contributed by atoms with E-state index in [-0.39, 0.29) is 0 Å². The number of thiophene rings is 1. The normalized spacial score (nSPS) is 13.0. The highest BCUT2D eigenvalue weighted by molar-refractivity contribution is 7.07. The lowest BCUT2D eigenvalue weighted by molar-refractivity contribution is 0.701. The van der Waals surface area contributed by atoms with Gasteiger partial charge in [0.05, 0.1) is 0 Å². The van der Waals surface area contributed by atoms with E-state index in [1.165, 1.54) is 5.56 Å². The molecule has 0 amide bonds. The second-order valence-electron chi connectivity index (χ2n) is 4.86. The molecule has 1 aromatic carbocycles. The summed E-state index contributed by atoms with van der Waals surface area (Å²) in [5.74, 6) is 1.24. The van der Waals surface area contributed by atoms with Crippen molar-refractivity contribution in [2.45, 2.75) is 19.4 Å². The topological polar surface area (TPSA) is 36.4 Å². The zero-order valence-corrected chi connectivity index (χ0v) is 13.8. The van der Waals surface area contributed by atoms with Gasteiger partial charge >= 0.3 is 0 Å². The van der Waals surface area contributed by atoms with Gasteiger partial charge in [-0.15, -0.1) is 0 Å². The first kappa shape index (κ1) is 15.9. The monoisotopic (exact) mass is 321 g/mol. The van der Waals surface area contributed by atoms with Crippen molar-refractivity contribution in [3.05, 3.63) is 57.2 Å². The average molecular weight is 322 g/mol. The maximum absolute atomic E-state index is 6.15. The Labute approximate surface area is 135 Å². The average Bonchev–Trinajstić information content (AvgIpc) is 3.03. The lowest BCUT2D eigenvalue weighted by atomic mass is 10.1. The van der Waals surface area contributed by atoms with E-state index in [4.69, 9.17) is 11.6 Å². The van der Waals surface area contributed by atoms with Crippen molar-refractivity contribution < 1.29 is 0 Å². The van der Waals surface area contributed by atoms with E-state index < -0.39 is 0 Å². The molecule has 0 fully saturated rings. The largest absolute Gasteiger partial charge is 0.356 e. The molecule has 1 aromatic heterocycles. The van der Waals surface area contributed by atoms with Crippen LogP contribution in [-0.4, -0.2) is 19.6 Å². The van der Waals surface area contributed by atoms with Crippen molar-refractivity contribution in [2.75, 3.05) is 13.6 Å². The van der Waals surface area contributed by atoms with Gasteiger partial charge in [-0.25, -0.2) is 0 Å². The molecule has 3 nitrogen and oxygen atoms in total. The van der Waals surface area contributed by atoms with E-state index in [2.05, 4.69) is 39.4 Å². The molecule has 1 heterocycles. The summed E-state index contributed by atoms with van der Waals surface area (Å²) in [6, 6.07) is 9.99. The highest BCUT2D eigenvalue weighted by atomic mass is 35.5. The van der Waals surface area contributed by atoms with Crippen LogP contribution in [0.5, 0.6) is 0 Å². The molecule has 2 aromatic rings. The second-order valence-corrected chi connectivity index (χ2v) is 6.04. The Bertz CT molecular complexity index is 581. The molecule has 2 rings (SSSR count). The van der Waals surface area contributed by atoms with Gasteiger partial charge in [0.15, 0.2) is 5.96 Å². The van der Waals surface area contributed by atoms with Crippen LogP contribution in [0.15, 0.2) is 46.1 Å². The van der Waals surface area contributed by atoms with E-state index in [0.717, 1.165) is 23.1 Å². The quantitative estimate of drug-likeness (QED) is 0.648. The van der Waals surface area contributed by atoms with Gasteiger partial charge in [0.25, 0.3) is 0 Å². The fourth-order valence-corrected chi connectivity index (χ4v) is 2.95. The fraction of sp³-hybridized carbons (Fsp3) is 0.312. The molecule has 0 bridgehead atoms. The summed E-state index contributed by atoms with van der Waals surface area (Å²) in [6.07, 6.45) is 0. The zero-order valence-electron chi connectivity index (χ0n) is 12.3. The second kappa shape index (κ2) is 8.05. The Morgan fingerprint density at radius 1 is 1.29 bits per heavy atom. The van der Waals surface area contributed by atoms with Gasteiger partial charge in [-0.2, -0.15) is 11.3 Å². The Morgan fingerprint density at radius 3 is 2.76 bits per heavy atom. The molecule has 112 valence electrons. The zero-order chi connectivity index (χ0) is 15.1. The molecular weight excluding hydrogens is 302 g/mol. The maximum Gasteiger partial charge on any atom is 0.191 e. The Morgan fingerprint density at radius 2 is 2.10 bits per heavy atom. The van der Waals surface area contributed by atoms with Crippen LogP contribution in [0.25, 0.3) is 0 Å². The van der Waals surface area contributed by atoms with Gasteiger partial charge in [0.2, 0.25) is 0 Å². The number of halogens is 1. The predicted molar refractivity (Wildman–Crippen MR) is 92.4 cm³/mol. The van der Waals surface area contributed by atoms with Gasteiger partial charge in [-0.05, 0) is 39.9 Å². The van der Waals surface area contributed by atoms with Crippen molar-refractivity contribution in [1.82, 2.24) is 10.6 Å². The van der Waals surface area contributed by atoms with Gasteiger partial charge < -0.3 is 10.6 Å². The van der Waals surface area contributed by atoms with Crippen LogP contribution in [-0.2, 0) is 6.54 Å². The fourth-order valence-electron chi connectivity index (χ4n) is 1.96. The predicted octanol–water partition coefficient (Wildman–Crippen LogP) is 3.87. The number of rotatable bonds is 5. The number of hydrogen-bond donors (Lipinski definition) is 2. The summed E-state index contributed by atoms with van der Waals surface area (Å²) in [6.45, 7) is 3.71. The molecule has 0 saturated carbocycles. The lowest BCUT2D eigenvalue weighted by Gasteiger charge is -2.15. The molecule has 2 N–H and O–H groups in total. The molecule has 0 saturated heterocycles. The van der Waals surface area contributed by atoms with Crippen LogP contribution in [0, 0.1) is 0 Å². The Balaban J connectivity index is 1.83. The Kier molecular flexibility index (Phi) is 6.08. The third-order valence-electron chi connectivity index (χ3n) is 3.32. The van der Waals surface area contributed by atoms with Crippen LogP contribution in [0.3, 0.4) is 0 Å². The summed E-state index contributed by atoms with van der Waals surface area (Å²) in [7, 11) is 1.77. The number of hydrogen-bond acceptors (Lipinski definition) is 2. The summed E-state index contributed by atoms with van der Waals surface area (Å²) in [5.41, 5.74) is 2.42. The minimum Gasteiger partial charge on any atom is -0.356 e. The summed E-state index contributed by atoms with van der Waals surface area (Å²) < 4.78 is 0. The van der Waals surface area contributed by atoms with E-state index in [9.17, 15) is 0 Å². The summed E-state index contributed by atoms with van der Waals surface area (Å²) >= 11 is 7.88. The molecule has 0 aliphatic heterocycles. The molecule has 5 heteroatoms. The molecule has 0 aliphatic rings. The van der Waals surface area contributed by atoms with Crippen molar-refractivity contribution >= 4 is 28.9 Å².